The van der Waals surface area contributed by atoms with Crippen LogP contribution in [0.25, 0.3) is 0 Å². The number of esters is 1. The Morgan fingerprint density at radius 3 is 2.35 bits per heavy atom. The molecule has 1 fully saturated rings. The Kier molecular flexibility index (Phi) is 6.84. The lowest BCUT2D eigenvalue weighted by Gasteiger charge is -2.14. The quantitative estimate of drug-likeness (QED) is 0.430. The van der Waals surface area contributed by atoms with Gasteiger partial charge in [0.1, 0.15) is 0 Å². The van der Waals surface area contributed by atoms with E-state index in [1.54, 1.807) is 36.5 Å². The molecule has 4 N–H and O–H groups in total. The molecule has 1 aliphatic heterocycles. The minimum atomic E-state index is -3.73. The van der Waals surface area contributed by atoms with Crippen molar-refractivity contribution in [3.05, 3.63) is 59.7 Å². The first-order chi connectivity index (χ1) is 14.7. The van der Waals surface area contributed by atoms with Crippen molar-refractivity contribution in [2.24, 2.45) is 5.14 Å². The highest BCUT2D eigenvalue weighted by Gasteiger charge is 2.42. The highest BCUT2D eigenvalue weighted by Crippen LogP contribution is 2.22. The first-order valence-corrected chi connectivity index (χ1v) is 11.3. The van der Waals surface area contributed by atoms with Gasteiger partial charge in [-0.05, 0) is 48.9 Å². The van der Waals surface area contributed by atoms with Crippen molar-refractivity contribution in [2.75, 3.05) is 18.1 Å². The van der Waals surface area contributed by atoms with Crippen LogP contribution in [0.4, 0.5) is 5.69 Å². The number of rotatable bonds is 8. The van der Waals surface area contributed by atoms with Crippen molar-refractivity contribution in [1.82, 2.24) is 0 Å². The third-order valence-electron chi connectivity index (χ3n) is 4.95. The minimum Gasteiger partial charge on any atom is -0.462 e. The topological polar surface area (TPSA) is 140 Å². The number of carbonyl (C=O) groups excluding carboxylic acids is 3. The van der Waals surface area contributed by atoms with Gasteiger partial charge >= 0.3 is 5.97 Å². The molecule has 1 heterocycles. The zero-order chi connectivity index (χ0) is 22.6. The van der Waals surface area contributed by atoms with Crippen LogP contribution in [0.15, 0.2) is 53.4 Å². The van der Waals surface area contributed by atoms with E-state index in [-0.39, 0.29) is 29.7 Å². The van der Waals surface area contributed by atoms with Crippen LogP contribution >= 0.6 is 0 Å². The number of hydrogen-bond acceptors (Lipinski definition) is 6. The Bertz CT molecular complexity index is 1080. The molecule has 1 aliphatic rings. The molecule has 1 saturated heterocycles. The van der Waals surface area contributed by atoms with E-state index in [0.717, 1.165) is 10.5 Å². The van der Waals surface area contributed by atoms with Gasteiger partial charge in [0.25, 0.3) is 5.91 Å². The standard InChI is InChI=1S/C21H23N3O6S/c1-2-30-21(27)15-5-7-16(8-6-15)24-19(25)13-18(20(24)26)23-12-11-14-3-9-17(10-4-14)31(22,28)29/h3-10,18,23H,2,11-13H2,1H3,(H2,22,28,29)/p+1/t18-/m1/s1. The van der Waals surface area contributed by atoms with Gasteiger partial charge in [0, 0.05) is 6.42 Å². The van der Waals surface area contributed by atoms with Gasteiger partial charge in [-0.3, -0.25) is 9.59 Å². The third-order valence-corrected chi connectivity index (χ3v) is 5.88. The number of quaternary nitrogens is 1. The highest BCUT2D eigenvalue weighted by molar-refractivity contribution is 7.89. The van der Waals surface area contributed by atoms with Crippen molar-refractivity contribution in [1.29, 1.82) is 0 Å². The summed E-state index contributed by atoms with van der Waals surface area (Å²) in [5, 5.41) is 6.89. The number of imide groups is 1. The molecular weight excluding hydrogens is 422 g/mol. The number of anilines is 1. The van der Waals surface area contributed by atoms with Crippen LogP contribution in [0.1, 0.15) is 29.3 Å². The summed E-state index contributed by atoms with van der Waals surface area (Å²) in [6.45, 7) is 2.52. The third kappa shape index (κ3) is 5.35. The predicted molar refractivity (Wildman–Crippen MR) is 112 cm³/mol. The second-order valence-electron chi connectivity index (χ2n) is 7.11. The van der Waals surface area contributed by atoms with Gasteiger partial charge < -0.3 is 10.1 Å². The second-order valence-corrected chi connectivity index (χ2v) is 8.67. The highest BCUT2D eigenvalue weighted by atomic mass is 32.2. The fraction of sp³-hybridized carbons (Fsp3) is 0.286. The van der Waals surface area contributed by atoms with E-state index in [9.17, 15) is 22.8 Å². The average Bonchev–Trinajstić information content (AvgIpc) is 3.01. The Morgan fingerprint density at radius 1 is 1.13 bits per heavy atom. The largest absolute Gasteiger partial charge is 0.462 e. The van der Waals surface area contributed by atoms with Gasteiger partial charge in [-0.15, -0.1) is 0 Å². The molecule has 0 unspecified atom stereocenters. The lowest BCUT2D eigenvalue weighted by Crippen LogP contribution is -2.92. The molecule has 9 nitrogen and oxygen atoms in total. The van der Waals surface area contributed by atoms with E-state index in [1.165, 1.54) is 24.3 Å². The Morgan fingerprint density at radius 2 is 1.77 bits per heavy atom. The molecule has 0 aliphatic carbocycles. The Balaban J connectivity index is 1.58. The zero-order valence-corrected chi connectivity index (χ0v) is 17.8. The van der Waals surface area contributed by atoms with Crippen LogP contribution in [0.2, 0.25) is 0 Å². The first-order valence-electron chi connectivity index (χ1n) is 9.79. The smallest absolute Gasteiger partial charge is 0.338 e. The summed E-state index contributed by atoms with van der Waals surface area (Å²) >= 11 is 0. The lowest BCUT2D eigenvalue weighted by atomic mass is 10.1. The number of nitrogens with two attached hydrogens (primary N) is 2. The van der Waals surface area contributed by atoms with E-state index >= 15 is 0 Å². The van der Waals surface area contributed by atoms with E-state index in [1.807, 2.05) is 0 Å². The van der Waals surface area contributed by atoms with E-state index in [0.29, 0.717) is 24.2 Å². The number of ether oxygens (including phenoxy) is 1. The van der Waals surface area contributed by atoms with Crippen molar-refractivity contribution >= 4 is 33.5 Å². The molecule has 2 aromatic rings. The van der Waals surface area contributed by atoms with Crippen molar-refractivity contribution in [2.45, 2.75) is 30.7 Å². The van der Waals surface area contributed by atoms with Gasteiger partial charge in [-0.25, -0.2) is 23.3 Å². The van der Waals surface area contributed by atoms with Crippen molar-refractivity contribution in [3.8, 4) is 0 Å². The van der Waals surface area contributed by atoms with Crippen LogP contribution in [0.3, 0.4) is 0 Å². The number of nitrogens with zero attached hydrogens (tertiary/aromatic N) is 1. The Hall–Kier alpha value is -3.08. The van der Waals surface area contributed by atoms with E-state index in [4.69, 9.17) is 9.88 Å². The second kappa shape index (κ2) is 9.38. The maximum atomic E-state index is 12.7. The summed E-state index contributed by atoms with van der Waals surface area (Å²) in [5.41, 5.74) is 1.66. The fourth-order valence-corrected chi connectivity index (χ4v) is 3.88. The summed E-state index contributed by atoms with van der Waals surface area (Å²) in [4.78, 5) is 38.1. The van der Waals surface area contributed by atoms with Crippen molar-refractivity contribution < 1.29 is 32.9 Å². The van der Waals surface area contributed by atoms with Gasteiger partial charge in [-0.1, -0.05) is 12.1 Å². The van der Waals surface area contributed by atoms with E-state index < -0.39 is 22.0 Å². The molecule has 0 bridgehead atoms. The average molecular weight is 447 g/mol. The molecule has 10 heteroatoms. The number of primary sulfonamides is 1. The molecule has 1 atom stereocenters. The maximum Gasteiger partial charge on any atom is 0.338 e. The number of sulfonamides is 1. The van der Waals surface area contributed by atoms with Crippen LogP contribution in [-0.2, 0) is 30.8 Å². The number of hydrogen-bond donors (Lipinski definition) is 2. The van der Waals surface area contributed by atoms with Crippen molar-refractivity contribution in [3.63, 3.8) is 0 Å². The summed E-state index contributed by atoms with van der Waals surface area (Å²) in [7, 11) is -3.73. The molecule has 0 aromatic heterocycles. The van der Waals surface area contributed by atoms with E-state index in [2.05, 4.69) is 0 Å². The summed E-state index contributed by atoms with van der Waals surface area (Å²) < 4.78 is 27.5. The predicted octanol–water partition coefficient (Wildman–Crippen LogP) is -0.0513. The summed E-state index contributed by atoms with van der Waals surface area (Å²) in [6.07, 6.45) is 0.680. The van der Waals surface area contributed by atoms with Gasteiger partial charge in [0.05, 0.1) is 35.7 Å². The normalized spacial score (nSPS) is 16.6. The lowest BCUT2D eigenvalue weighted by molar-refractivity contribution is -0.674. The molecule has 0 radical (unpaired) electrons. The minimum absolute atomic E-state index is 0.0430. The summed E-state index contributed by atoms with van der Waals surface area (Å²) in [5.74, 6) is -1.07. The first kappa shape index (κ1) is 22.6. The molecule has 2 aromatic carbocycles. The van der Waals surface area contributed by atoms with Gasteiger partial charge in [0.15, 0.2) is 6.04 Å². The SMILES string of the molecule is CCOC(=O)c1ccc(N2C(=O)C[C@@H]([NH2+]CCc3ccc(S(N)(=O)=O)cc3)C2=O)cc1. The fourth-order valence-electron chi connectivity index (χ4n) is 3.37. The van der Waals surface area contributed by atoms with Crippen LogP contribution in [-0.4, -0.2) is 45.4 Å². The maximum absolute atomic E-state index is 12.7. The molecule has 164 valence electrons. The van der Waals surface area contributed by atoms with Gasteiger partial charge in [-0.2, -0.15) is 0 Å². The molecular formula is C21H24N3O6S+. The van der Waals surface area contributed by atoms with Gasteiger partial charge in [0.2, 0.25) is 15.9 Å². The Labute approximate surface area is 180 Å². The number of carbonyl (C=O) groups is 3. The molecule has 0 spiro atoms. The molecule has 3 rings (SSSR count). The zero-order valence-electron chi connectivity index (χ0n) is 17.0. The molecule has 0 saturated carbocycles. The molecule has 2 amide bonds. The monoisotopic (exact) mass is 446 g/mol. The van der Waals surface area contributed by atoms with Crippen LogP contribution < -0.4 is 15.4 Å². The van der Waals surface area contributed by atoms with Crippen LogP contribution in [0.5, 0.6) is 0 Å². The summed E-state index contributed by atoms with van der Waals surface area (Å²) in [6, 6.07) is 11.9. The number of benzene rings is 2. The molecule has 31 heavy (non-hydrogen) atoms. The van der Waals surface area contributed by atoms with Crippen LogP contribution in [0, 0.1) is 0 Å². The number of amides is 2.